The first-order valence-electron chi connectivity index (χ1n) is 9.36. The number of hydrogen-bond acceptors (Lipinski definition) is 6. The average Bonchev–Trinajstić information content (AvgIpc) is 2.69. The minimum absolute atomic E-state index is 0.434. The molecule has 6 nitrogen and oxygen atoms in total. The van der Waals surface area contributed by atoms with Gasteiger partial charge in [-0.3, -0.25) is 0 Å². The Morgan fingerprint density at radius 1 is 1.00 bits per heavy atom. The quantitative estimate of drug-likeness (QED) is 0.551. The Bertz CT molecular complexity index is 955. The van der Waals surface area contributed by atoms with Gasteiger partial charge in [-0.1, -0.05) is 17.7 Å². The van der Waals surface area contributed by atoms with Crippen LogP contribution in [0.15, 0.2) is 42.6 Å². The van der Waals surface area contributed by atoms with Crippen LogP contribution in [0, 0.1) is 13.8 Å². The Labute approximate surface area is 171 Å². The molecule has 1 heterocycles. The lowest BCUT2D eigenvalue weighted by molar-refractivity contribution is 0.865. The normalized spacial score (nSPS) is 10.6. The van der Waals surface area contributed by atoms with E-state index in [0.717, 1.165) is 35.6 Å². The number of aromatic nitrogens is 3. The van der Waals surface area contributed by atoms with Crippen molar-refractivity contribution in [1.29, 1.82) is 0 Å². The highest BCUT2D eigenvalue weighted by atomic mass is 35.5. The van der Waals surface area contributed by atoms with Crippen LogP contribution in [0.2, 0.25) is 5.02 Å². The molecule has 0 unspecified atom stereocenters. The van der Waals surface area contributed by atoms with Gasteiger partial charge in [0.1, 0.15) is 0 Å². The summed E-state index contributed by atoms with van der Waals surface area (Å²) in [6, 6.07) is 12.0. The first-order valence-corrected chi connectivity index (χ1v) is 9.74. The van der Waals surface area contributed by atoms with Crippen molar-refractivity contribution in [1.82, 2.24) is 15.2 Å². The van der Waals surface area contributed by atoms with Gasteiger partial charge in [0.25, 0.3) is 0 Å². The van der Waals surface area contributed by atoms with E-state index in [2.05, 4.69) is 63.6 Å². The number of aryl methyl sites for hydroxylation is 1. The molecule has 2 N–H and O–H groups in total. The van der Waals surface area contributed by atoms with Crippen LogP contribution in [0.3, 0.4) is 0 Å². The fourth-order valence-electron chi connectivity index (χ4n) is 2.99. The third-order valence-electron chi connectivity index (χ3n) is 4.67. The van der Waals surface area contributed by atoms with Gasteiger partial charge in [0.15, 0.2) is 5.82 Å². The maximum absolute atomic E-state index is 6.19. The summed E-state index contributed by atoms with van der Waals surface area (Å²) in [4.78, 5) is 6.83. The molecule has 146 valence electrons. The molecule has 0 amide bonds. The lowest BCUT2D eigenvalue weighted by Gasteiger charge is -2.22. The number of nitrogens with one attached hydrogen (secondary N) is 2. The van der Waals surface area contributed by atoms with Crippen molar-refractivity contribution in [2.45, 2.75) is 27.7 Å². The zero-order valence-electron chi connectivity index (χ0n) is 16.6. The van der Waals surface area contributed by atoms with Gasteiger partial charge in [-0.2, -0.15) is 10.1 Å². The lowest BCUT2D eigenvalue weighted by Crippen LogP contribution is -2.21. The maximum Gasteiger partial charge on any atom is 0.249 e. The van der Waals surface area contributed by atoms with Crippen molar-refractivity contribution < 1.29 is 0 Å². The van der Waals surface area contributed by atoms with E-state index in [4.69, 9.17) is 11.6 Å². The average molecular weight is 397 g/mol. The van der Waals surface area contributed by atoms with Crippen LogP contribution in [0.25, 0.3) is 0 Å². The van der Waals surface area contributed by atoms with Crippen molar-refractivity contribution in [3.8, 4) is 0 Å². The van der Waals surface area contributed by atoms with Gasteiger partial charge in [0.05, 0.1) is 6.20 Å². The fraction of sp³-hybridized carbons (Fsp3) is 0.286. The van der Waals surface area contributed by atoms with Crippen molar-refractivity contribution in [3.63, 3.8) is 0 Å². The van der Waals surface area contributed by atoms with E-state index in [1.165, 1.54) is 5.69 Å². The first kappa shape index (κ1) is 19.9. The van der Waals surface area contributed by atoms with Crippen molar-refractivity contribution in [2.75, 3.05) is 28.6 Å². The number of rotatable bonds is 7. The summed E-state index contributed by atoms with van der Waals surface area (Å²) in [5.74, 6) is 1.03. The molecule has 0 fully saturated rings. The molecular formula is C21H25ClN6. The van der Waals surface area contributed by atoms with Crippen LogP contribution in [0.4, 0.5) is 28.8 Å². The minimum Gasteiger partial charge on any atom is -0.372 e. The van der Waals surface area contributed by atoms with Gasteiger partial charge < -0.3 is 15.5 Å². The number of anilines is 5. The molecule has 0 saturated heterocycles. The summed E-state index contributed by atoms with van der Waals surface area (Å²) in [5.41, 5.74) is 5.13. The molecule has 1 aromatic heterocycles. The molecule has 7 heteroatoms. The summed E-state index contributed by atoms with van der Waals surface area (Å²) < 4.78 is 0. The first-order chi connectivity index (χ1) is 13.5. The van der Waals surface area contributed by atoms with Crippen LogP contribution in [-0.4, -0.2) is 28.3 Å². The summed E-state index contributed by atoms with van der Waals surface area (Å²) in [7, 11) is 0. The SMILES string of the molecule is CCN(CC)c1ccc(Nc2nncc(Nc3cccc(Cl)c3C)n2)c(C)c1. The second-order valence-electron chi connectivity index (χ2n) is 6.50. The van der Waals surface area contributed by atoms with Gasteiger partial charge in [-0.25, -0.2) is 0 Å². The molecule has 3 rings (SSSR count). The molecule has 28 heavy (non-hydrogen) atoms. The zero-order chi connectivity index (χ0) is 20.1. The van der Waals surface area contributed by atoms with Crippen LogP contribution >= 0.6 is 11.6 Å². The van der Waals surface area contributed by atoms with E-state index in [9.17, 15) is 0 Å². The Hall–Kier alpha value is -2.86. The Balaban J connectivity index is 1.78. The van der Waals surface area contributed by atoms with Crippen molar-refractivity contribution in [3.05, 3.63) is 58.7 Å². The fourth-order valence-corrected chi connectivity index (χ4v) is 3.17. The Kier molecular flexibility index (Phi) is 6.31. The second-order valence-corrected chi connectivity index (χ2v) is 6.91. The molecular weight excluding hydrogens is 372 g/mol. The second kappa shape index (κ2) is 8.89. The van der Waals surface area contributed by atoms with Crippen LogP contribution in [0.1, 0.15) is 25.0 Å². The van der Waals surface area contributed by atoms with E-state index in [1.54, 1.807) is 6.20 Å². The largest absolute Gasteiger partial charge is 0.372 e. The topological polar surface area (TPSA) is 66.0 Å². The molecule has 0 aliphatic heterocycles. The minimum atomic E-state index is 0.434. The van der Waals surface area contributed by atoms with E-state index in [1.807, 2.05) is 31.2 Å². The molecule has 0 aliphatic carbocycles. The number of benzene rings is 2. The van der Waals surface area contributed by atoms with Crippen LogP contribution in [-0.2, 0) is 0 Å². The number of hydrogen-bond donors (Lipinski definition) is 2. The van der Waals surface area contributed by atoms with E-state index in [-0.39, 0.29) is 0 Å². The summed E-state index contributed by atoms with van der Waals surface area (Å²) in [5, 5.41) is 15.4. The standard InChI is InChI=1S/C21H25ClN6/c1-5-28(6-2)16-10-11-18(14(3)12-16)25-21-26-20(13-23-27-21)24-19-9-7-8-17(22)15(19)4/h7-13H,5-6H2,1-4H3,(H2,24,25,26,27). The number of nitrogens with zero attached hydrogens (tertiary/aromatic N) is 4. The molecule has 3 aromatic rings. The molecule has 0 spiro atoms. The smallest absolute Gasteiger partial charge is 0.249 e. The molecule has 0 saturated carbocycles. The molecule has 0 bridgehead atoms. The van der Waals surface area contributed by atoms with Gasteiger partial charge in [0.2, 0.25) is 5.95 Å². The van der Waals surface area contributed by atoms with E-state index < -0.39 is 0 Å². The monoisotopic (exact) mass is 396 g/mol. The van der Waals surface area contributed by atoms with Gasteiger partial charge in [-0.05, 0) is 69.2 Å². The Morgan fingerprint density at radius 3 is 2.50 bits per heavy atom. The Morgan fingerprint density at radius 2 is 1.79 bits per heavy atom. The molecule has 0 radical (unpaired) electrons. The highest BCUT2D eigenvalue weighted by molar-refractivity contribution is 6.31. The van der Waals surface area contributed by atoms with Crippen molar-refractivity contribution >= 4 is 40.4 Å². The van der Waals surface area contributed by atoms with E-state index >= 15 is 0 Å². The van der Waals surface area contributed by atoms with Gasteiger partial charge in [-0.15, -0.1) is 5.10 Å². The maximum atomic E-state index is 6.19. The summed E-state index contributed by atoms with van der Waals surface area (Å²) in [6.07, 6.45) is 1.59. The van der Waals surface area contributed by atoms with E-state index in [0.29, 0.717) is 16.8 Å². The molecule has 0 aliphatic rings. The number of halogens is 1. The third kappa shape index (κ3) is 4.51. The van der Waals surface area contributed by atoms with Gasteiger partial charge in [0, 0.05) is 35.2 Å². The lowest BCUT2D eigenvalue weighted by atomic mass is 10.1. The summed E-state index contributed by atoms with van der Waals surface area (Å²) in [6.45, 7) is 10.3. The highest BCUT2D eigenvalue weighted by Crippen LogP contribution is 2.27. The zero-order valence-corrected chi connectivity index (χ0v) is 17.4. The third-order valence-corrected chi connectivity index (χ3v) is 5.08. The van der Waals surface area contributed by atoms with Gasteiger partial charge >= 0.3 is 0 Å². The van der Waals surface area contributed by atoms with Crippen molar-refractivity contribution in [2.24, 2.45) is 0 Å². The van der Waals surface area contributed by atoms with Crippen LogP contribution < -0.4 is 15.5 Å². The summed E-state index contributed by atoms with van der Waals surface area (Å²) >= 11 is 6.19. The molecule has 0 atom stereocenters. The molecule has 2 aromatic carbocycles. The van der Waals surface area contributed by atoms with Crippen LogP contribution in [0.5, 0.6) is 0 Å². The highest BCUT2D eigenvalue weighted by Gasteiger charge is 2.08. The predicted octanol–water partition coefficient (Wildman–Crippen LogP) is 5.48. The predicted molar refractivity (Wildman–Crippen MR) is 117 cm³/mol.